The number of nitrogens with one attached hydrogen (secondary N) is 1. The minimum atomic E-state index is 1.08. The third-order valence-corrected chi connectivity index (χ3v) is 2.55. The molecule has 0 aromatic rings. The second kappa shape index (κ2) is 10.0. The molecule has 0 rings (SSSR count). The minimum Gasteiger partial charge on any atom is -0.314 e. The Morgan fingerprint density at radius 2 is 1.25 bits per heavy atom. The zero-order chi connectivity index (χ0) is 12.4. The summed E-state index contributed by atoms with van der Waals surface area (Å²) in [6.45, 7) is 6.79. The summed E-state index contributed by atoms with van der Waals surface area (Å²) >= 11 is 0. The highest BCUT2D eigenvalue weighted by molar-refractivity contribution is 4.57. The zero-order valence-corrected chi connectivity index (χ0v) is 11.8. The maximum Gasteiger partial charge on any atom is 0.0104 e. The molecule has 98 valence electrons. The third kappa shape index (κ3) is 11.9. The molecule has 0 atom stereocenters. The number of hydrogen-bond donors (Lipinski definition) is 1. The molecule has 4 heteroatoms. The molecular formula is C12H30N4. The number of likely N-dealkylation sites (N-methyl/N-ethyl adjacent to an activating group) is 2. The van der Waals surface area contributed by atoms with Crippen molar-refractivity contribution in [3.05, 3.63) is 0 Å². The highest BCUT2D eigenvalue weighted by Gasteiger charge is 1.98. The lowest BCUT2D eigenvalue weighted by Gasteiger charge is -2.18. The molecule has 0 saturated carbocycles. The summed E-state index contributed by atoms with van der Waals surface area (Å²) in [6, 6.07) is 0. The van der Waals surface area contributed by atoms with E-state index >= 15 is 0 Å². The van der Waals surface area contributed by atoms with Crippen LogP contribution in [0.4, 0.5) is 0 Å². The van der Waals surface area contributed by atoms with E-state index in [2.05, 4.69) is 55.3 Å². The van der Waals surface area contributed by atoms with Gasteiger partial charge < -0.3 is 20.0 Å². The van der Waals surface area contributed by atoms with Crippen LogP contribution in [-0.4, -0.2) is 89.2 Å². The monoisotopic (exact) mass is 230 g/mol. The molecule has 0 unspecified atom stereocenters. The van der Waals surface area contributed by atoms with Crippen molar-refractivity contribution in [3.63, 3.8) is 0 Å². The summed E-state index contributed by atoms with van der Waals surface area (Å²) in [4.78, 5) is 6.84. The summed E-state index contributed by atoms with van der Waals surface area (Å²) in [5.74, 6) is 0. The Kier molecular flexibility index (Phi) is 9.92. The van der Waals surface area contributed by atoms with Gasteiger partial charge in [0.15, 0.2) is 0 Å². The van der Waals surface area contributed by atoms with Crippen LogP contribution in [0.25, 0.3) is 0 Å². The van der Waals surface area contributed by atoms with E-state index in [9.17, 15) is 0 Å². The Bertz CT molecular complexity index is 148. The molecule has 0 radical (unpaired) electrons. The molecule has 0 aromatic heterocycles. The van der Waals surface area contributed by atoms with Crippen molar-refractivity contribution >= 4 is 0 Å². The van der Waals surface area contributed by atoms with E-state index in [4.69, 9.17) is 0 Å². The van der Waals surface area contributed by atoms with Crippen LogP contribution in [-0.2, 0) is 0 Å². The molecule has 0 aliphatic carbocycles. The van der Waals surface area contributed by atoms with Crippen LogP contribution in [0.5, 0.6) is 0 Å². The fourth-order valence-electron chi connectivity index (χ4n) is 1.47. The second-order valence-corrected chi connectivity index (χ2v) is 5.01. The fraction of sp³-hybridized carbons (Fsp3) is 1.00. The standard InChI is InChI=1S/C12H30N4/c1-14(2)9-6-10-16(5)12-8-13-7-11-15(3)4/h13H,6-12H2,1-5H3. The van der Waals surface area contributed by atoms with E-state index in [1.165, 1.54) is 19.5 Å². The van der Waals surface area contributed by atoms with Gasteiger partial charge in [0.25, 0.3) is 0 Å². The van der Waals surface area contributed by atoms with Gasteiger partial charge in [0, 0.05) is 26.2 Å². The molecule has 0 aliphatic rings. The van der Waals surface area contributed by atoms with Gasteiger partial charge in [0.2, 0.25) is 0 Å². The minimum absolute atomic E-state index is 1.08. The van der Waals surface area contributed by atoms with Crippen molar-refractivity contribution in [2.24, 2.45) is 0 Å². The molecule has 0 fully saturated rings. The van der Waals surface area contributed by atoms with E-state index in [0.717, 1.165) is 26.2 Å². The first-order valence-corrected chi connectivity index (χ1v) is 6.21. The highest BCUT2D eigenvalue weighted by atomic mass is 15.1. The van der Waals surface area contributed by atoms with Crippen LogP contribution in [0.3, 0.4) is 0 Å². The quantitative estimate of drug-likeness (QED) is 0.534. The van der Waals surface area contributed by atoms with Crippen LogP contribution < -0.4 is 5.32 Å². The van der Waals surface area contributed by atoms with Gasteiger partial charge in [0.05, 0.1) is 0 Å². The van der Waals surface area contributed by atoms with Crippen LogP contribution in [0.2, 0.25) is 0 Å². The van der Waals surface area contributed by atoms with E-state index < -0.39 is 0 Å². The number of hydrogen-bond acceptors (Lipinski definition) is 4. The molecule has 0 saturated heterocycles. The van der Waals surface area contributed by atoms with Crippen molar-refractivity contribution in [1.82, 2.24) is 20.0 Å². The predicted octanol–water partition coefficient (Wildman–Crippen LogP) is 0.0211. The summed E-state index contributed by atoms with van der Waals surface area (Å²) in [5, 5.41) is 3.45. The molecule has 0 heterocycles. The average Bonchev–Trinajstić information content (AvgIpc) is 2.16. The van der Waals surface area contributed by atoms with E-state index in [1.54, 1.807) is 0 Å². The molecule has 0 amide bonds. The molecule has 4 nitrogen and oxygen atoms in total. The van der Waals surface area contributed by atoms with Crippen LogP contribution in [0, 0.1) is 0 Å². The second-order valence-electron chi connectivity index (χ2n) is 5.01. The predicted molar refractivity (Wildman–Crippen MR) is 72.1 cm³/mol. The Morgan fingerprint density at radius 3 is 1.81 bits per heavy atom. The average molecular weight is 230 g/mol. The smallest absolute Gasteiger partial charge is 0.0104 e. The summed E-state index contributed by atoms with van der Waals surface area (Å²) in [6.07, 6.45) is 1.25. The third-order valence-electron chi connectivity index (χ3n) is 2.55. The first kappa shape index (κ1) is 15.8. The Labute approximate surface area is 102 Å². The van der Waals surface area contributed by atoms with Crippen molar-refractivity contribution in [2.75, 3.05) is 74.5 Å². The van der Waals surface area contributed by atoms with Gasteiger partial charge in [-0.25, -0.2) is 0 Å². The number of rotatable bonds is 10. The maximum absolute atomic E-state index is 3.45. The van der Waals surface area contributed by atoms with Gasteiger partial charge >= 0.3 is 0 Å². The first-order valence-electron chi connectivity index (χ1n) is 6.21. The van der Waals surface area contributed by atoms with Crippen molar-refractivity contribution in [2.45, 2.75) is 6.42 Å². The zero-order valence-electron chi connectivity index (χ0n) is 11.8. The summed E-state index contributed by atoms with van der Waals surface area (Å²) in [5.41, 5.74) is 0. The molecule has 0 bridgehead atoms. The molecule has 1 N–H and O–H groups in total. The maximum atomic E-state index is 3.45. The molecule has 0 spiro atoms. The van der Waals surface area contributed by atoms with Gasteiger partial charge in [-0.3, -0.25) is 0 Å². The van der Waals surface area contributed by atoms with Crippen molar-refractivity contribution in [1.29, 1.82) is 0 Å². The normalized spacial score (nSPS) is 12.0. The van der Waals surface area contributed by atoms with Gasteiger partial charge in [0.1, 0.15) is 0 Å². The molecular weight excluding hydrogens is 200 g/mol. The van der Waals surface area contributed by atoms with Crippen molar-refractivity contribution in [3.8, 4) is 0 Å². The fourth-order valence-corrected chi connectivity index (χ4v) is 1.47. The highest BCUT2D eigenvalue weighted by Crippen LogP contribution is 1.88. The van der Waals surface area contributed by atoms with Crippen molar-refractivity contribution < 1.29 is 0 Å². The Balaban J connectivity index is 3.20. The van der Waals surface area contributed by atoms with Crippen LogP contribution in [0.1, 0.15) is 6.42 Å². The topological polar surface area (TPSA) is 21.8 Å². The lowest BCUT2D eigenvalue weighted by atomic mass is 10.3. The summed E-state index contributed by atoms with van der Waals surface area (Å²) < 4.78 is 0. The lowest BCUT2D eigenvalue weighted by Crippen LogP contribution is -2.34. The SMILES string of the molecule is CN(C)CCCN(C)CCNCCN(C)C. The lowest BCUT2D eigenvalue weighted by molar-refractivity contribution is 0.297. The van der Waals surface area contributed by atoms with E-state index in [-0.39, 0.29) is 0 Å². The van der Waals surface area contributed by atoms with Gasteiger partial charge in [-0.1, -0.05) is 0 Å². The van der Waals surface area contributed by atoms with Gasteiger partial charge in [-0.15, -0.1) is 0 Å². The van der Waals surface area contributed by atoms with Gasteiger partial charge in [-0.05, 0) is 54.7 Å². The first-order chi connectivity index (χ1) is 7.52. The van der Waals surface area contributed by atoms with Gasteiger partial charge in [-0.2, -0.15) is 0 Å². The largest absolute Gasteiger partial charge is 0.314 e. The van der Waals surface area contributed by atoms with E-state index in [1.807, 2.05) is 0 Å². The number of nitrogens with zero attached hydrogens (tertiary/aromatic N) is 3. The summed E-state index contributed by atoms with van der Waals surface area (Å²) in [7, 11) is 10.7. The Hall–Kier alpha value is -0.160. The molecule has 0 aromatic carbocycles. The molecule has 16 heavy (non-hydrogen) atoms. The van der Waals surface area contributed by atoms with Crippen LogP contribution >= 0.6 is 0 Å². The van der Waals surface area contributed by atoms with Crippen LogP contribution in [0.15, 0.2) is 0 Å². The molecule has 0 aliphatic heterocycles. The Morgan fingerprint density at radius 1 is 0.688 bits per heavy atom. The van der Waals surface area contributed by atoms with E-state index in [0.29, 0.717) is 0 Å².